The molecule has 3 heteroatoms. The summed E-state index contributed by atoms with van der Waals surface area (Å²) < 4.78 is 0. The van der Waals surface area contributed by atoms with Gasteiger partial charge in [-0.25, -0.2) is 0 Å². The molecule has 0 spiro atoms. The molecule has 2 rings (SSSR count). The summed E-state index contributed by atoms with van der Waals surface area (Å²) in [6.07, 6.45) is 0. The number of hydrogen-bond acceptors (Lipinski definition) is 2. The van der Waals surface area contributed by atoms with E-state index in [1.54, 1.807) is 7.05 Å². The maximum Gasteiger partial charge on any atom is 0.270 e. The molecule has 0 saturated carbocycles. The van der Waals surface area contributed by atoms with Crippen molar-refractivity contribution in [3.8, 4) is 0 Å². The van der Waals surface area contributed by atoms with Gasteiger partial charge in [0.1, 0.15) is 5.70 Å². The van der Waals surface area contributed by atoms with E-state index in [1.165, 1.54) is 0 Å². The average Bonchev–Trinajstić information content (AvgIpc) is 2.53. The molecule has 2 aromatic carbocycles. The van der Waals surface area contributed by atoms with Crippen LogP contribution in [0.1, 0.15) is 11.1 Å². The fraction of sp³-hybridized carbons (Fsp3) is 0.0588. The highest BCUT2D eigenvalue weighted by Crippen LogP contribution is 2.27. The molecule has 0 radical (unpaired) electrons. The first kappa shape index (κ1) is 13.7. The number of aliphatic imine (C=N–C) groups is 1. The molecule has 1 N–H and O–H groups in total. The number of nitrogens with one attached hydrogen (secondary N) is 1. The van der Waals surface area contributed by atoms with Crippen LogP contribution in [0, 0.1) is 0 Å². The summed E-state index contributed by atoms with van der Waals surface area (Å²) in [4.78, 5) is 16.0. The fourth-order valence-corrected chi connectivity index (χ4v) is 2.03. The van der Waals surface area contributed by atoms with E-state index in [2.05, 4.69) is 17.0 Å². The minimum Gasteiger partial charge on any atom is -0.354 e. The Morgan fingerprint density at radius 3 is 1.75 bits per heavy atom. The Balaban J connectivity index is 2.70. The molecule has 0 saturated heterocycles. The molecule has 0 aliphatic carbocycles. The lowest BCUT2D eigenvalue weighted by Gasteiger charge is -2.12. The zero-order valence-electron chi connectivity index (χ0n) is 11.3. The number of hydrogen-bond donors (Lipinski definition) is 1. The minimum absolute atomic E-state index is 0.247. The molecule has 0 aromatic heterocycles. The van der Waals surface area contributed by atoms with Crippen molar-refractivity contribution in [1.29, 1.82) is 0 Å². The predicted octanol–water partition coefficient (Wildman–Crippen LogP) is 2.89. The Morgan fingerprint density at radius 2 is 1.40 bits per heavy atom. The van der Waals surface area contributed by atoms with Crippen LogP contribution in [0.2, 0.25) is 0 Å². The normalized spacial score (nSPS) is 9.65. The zero-order chi connectivity index (χ0) is 14.4. The van der Waals surface area contributed by atoms with Gasteiger partial charge in [0.05, 0.1) is 0 Å². The second-order valence-electron chi connectivity index (χ2n) is 4.19. The largest absolute Gasteiger partial charge is 0.354 e. The maximum absolute atomic E-state index is 12.0. The van der Waals surface area contributed by atoms with Crippen LogP contribution in [0.5, 0.6) is 0 Å². The maximum atomic E-state index is 12.0. The molecule has 3 nitrogen and oxygen atoms in total. The number of nitrogens with zero attached hydrogens (tertiary/aromatic N) is 1. The van der Waals surface area contributed by atoms with E-state index in [0.29, 0.717) is 5.70 Å². The average molecular weight is 264 g/mol. The van der Waals surface area contributed by atoms with E-state index in [0.717, 1.165) is 16.7 Å². The van der Waals surface area contributed by atoms with Gasteiger partial charge in [0.15, 0.2) is 0 Å². The molecule has 20 heavy (non-hydrogen) atoms. The van der Waals surface area contributed by atoms with Crippen molar-refractivity contribution >= 4 is 18.2 Å². The number of amides is 1. The van der Waals surface area contributed by atoms with Gasteiger partial charge in [-0.05, 0) is 17.8 Å². The second-order valence-corrected chi connectivity index (χ2v) is 4.19. The van der Waals surface area contributed by atoms with Crippen molar-refractivity contribution in [1.82, 2.24) is 5.32 Å². The first-order valence-electron chi connectivity index (χ1n) is 6.32. The summed E-state index contributed by atoms with van der Waals surface area (Å²) in [7, 11) is 1.58. The standard InChI is InChI=1S/C17H16N2O/c1-18-16(17(20)19-2)15(13-9-5-3-6-10-13)14-11-7-4-8-12-14/h3-12H,1H2,2H3,(H,19,20). The fourth-order valence-electron chi connectivity index (χ4n) is 2.03. The van der Waals surface area contributed by atoms with Gasteiger partial charge in [-0.2, -0.15) is 0 Å². The molecule has 100 valence electrons. The number of benzene rings is 2. The Labute approximate surface area is 118 Å². The molecule has 0 aliphatic rings. The van der Waals surface area contributed by atoms with Crippen molar-refractivity contribution in [2.75, 3.05) is 7.05 Å². The van der Waals surface area contributed by atoms with Crippen molar-refractivity contribution in [2.24, 2.45) is 4.99 Å². The smallest absolute Gasteiger partial charge is 0.270 e. The molecule has 0 atom stereocenters. The number of likely N-dealkylation sites (N-methyl/N-ethyl adjacent to an activating group) is 1. The predicted molar refractivity (Wildman–Crippen MR) is 82.5 cm³/mol. The number of carbonyl (C=O) groups is 1. The van der Waals surface area contributed by atoms with Gasteiger partial charge in [0.25, 0.3) is 5.91 Å². The van der Waals surface area contributed by atoms with Crippen LogP contribution in [-0.4, -0.2) is 19.7 Å². The molecule has 0 bridgehead atoms. The highest BCUT2D eigenvalue weighted by Gasteiger charge is 2.16. The van der Waals surface area contributed by atoms with E-state index in [-0.39, 0.29) is 5.91 Å². The third-order valence-corrected chi connectivity index (χ3v) is 2.96. The highest BCUT2D eigenvalue weighted by atomic mass is 16.1. The summed E-state index contributed by atoms with van der Waals surface area (Å²) >= 11 is 0. The van der Waals surface area contributed by atoms with Crippen LogP contribution < -0.4 is 5.32 Å². The summed E-state index contributed by atoms with van der Waals surface area (Å²) in [5.41, 5.74) is 2.97. The van der Waals surface area contributed by atoms with E-state index >= 15 is 0 Å². The van der Waals surface area contributed by atoms with Crippen molar-refractivity contribution < 1.29 is 4.79 Å². The second kappa shape index (κ2) is 6.48. The van der Waals surface area contributed by atoms with Gasteiger partial charge in [-0.15, -0.1) is 0 Å². The van der Waals surface area contributed by atoms with Crippen molar-refractivity contribution in [2.45, 2.75) is 0 Å². The molecule has 2 aromatic rings. The Kier molecular flexibility index (Phi) is 4.45. The first-order chi connectivity index (χ1) is 9.77. The molecule has 0 fully saturated rings. The van der Waals surface area contributed by atoms with Crippen LogP contribution in [0.15, 0.2) is 71.4 Å². The molecule has 1 amide bonds. The topological polar surface area (TPSA) is 41.5 Å². The van der Waals surface area contributed by atoms with E-state index in [9.17, 15) is 4.79 Å². The minimum atomic E-state index is -0.247. The van der Waals surface area contributed by atoms with Crippen LogP contribution in [-0.2, 0) is 4.79 Å². The van der Waals surface area contributed by atoms with Gasteiger partial charge in [0.2, 0.25) is 0 Å². The third-order valence-electron chi connectivity index (χ3n) is 2.96. The first-order valence-corrected chi connectivity index (χ1v) is 6.32. The van der Waals surface area contributed by atoms with Crippen LogP contribution in [0.3, 0.4) is 0 Å². The lowest BCUT2D eigenvalue weighted by molar-refractivity contribution is -0.117. The lowest BCUT2D eigenvalue weighted by Crippen LogP contribution is -2.20. The molecule has 0 unspecified atom stereocenters. The molecular weight excluding hydrogens is 248 g/mol. The summed E-state index contributed by atoms with van der Waals surface area (Å²) in [6, 6.07) is 19.4. The summed E-state index contributed by atoms with van der Waals surface area (Å²) in [5.74, 6) is -0.247. The van der Waals surface area contributed by atoms with Crippen LogP contribution in [0.4, 0.5) is 0 Å². The zero-order valence-corrected chi connectivity index (χ0v) is 11.3. The van der Waals surface area contributed by atoms with Gasteiger partial charge in [0, 0.05) is 12.6 Å². The Hall–Kier alpha value is -2.68. The Morgan fingerprint density at radius 1 is 0.950 bits per heavy atom. The lowest BCUT2D eigenvalue weighted by atomic mass is 9.95. The van der Waals surface area contributed by atoms with Gasteiger partial charge in [-0.3, -0.25) is 9.79 Å². The van der Waals surface area contributed by atoms with E-state index in [4.69, 9.17) is 0 Å². The quantitative estimate of drug-likeness (QED) is 0.669. The Bertz CT molecular complexity index is 589. The van der Waals surface area contributed by atoms with Gasteiger partial charge < -0.3 is 5.32 Å². The van der Waals surface area contributed by atoms with Crippen molar-refractivity contribution in [3.63, 3.8) is 0 Å². The van der Waals surface area contributed by atoms with Crippen LogP contribution >= 0.6 is 0 Å². The highest BCUT2D eigenvalue weighted by molar-refractivity contribution is 6.04. The molecule has 0 aliphatic heterocycles. The molecule has 0 heterocycles. The van der Waals surface area contributed by atoms with Gasteiger partial charge >= 0.3 is 0 Å². The van der Waals surface area contributed by atoms with E-state index < -0.39 is 0 Å². The molecular formula is C17H16N2O. The van der Waals surface area contributed by atoms with Gasteiger partial charge in [-0.1, -0.05) is 60.7 Å². The third kappa shape index (κ3) is 2.83. The summed E-state index contributed by atoms with van der Waals surface area (Å²) in [6.45, 7) is 3.53. The van der Waals surface area contributed by atoms with Crippen molar-refractivity contribution in [3.05, 3.63) is 77.5 Å². The monoisotopic (exact) mass is 264 g/mol. The summed E-state index contributed by atoms with van der Waals surface area (Å²) in [5, 5.41) is 2.61. The van der Waals surface area contributed by atoms with E-state index in [1.807, 2.05) is 60.7 Å². The number of rotatable bonds is 4. The number of carbonyl (C=O) groups excluding carboxylic acids is 1. The van der Waals surface area contributed by atoms with Crippen LogP contribution in [0.25, 0.3) is 5.57 Å². The SMILES string of the molecule is C=NC(C(=O)NC)=C(c1ccccc1)c1ccccc1.